The number of benzene rings is 4. The number of hydrogen-bond acceptors (Lipinski definition) is 4. The van der Waals surface area contributed by atoms with Crippen LogP contribution in [0.25, 0.3) is 10.8 Å². The monoisotopic (exact) mass is 532 g/mol. The van der Waals surface area contributed by atoms with Gasteiger partial charge in [-0.15, -0.1) is 0 Å². The highest BCUT2D eigenvalue weighted by Gasteiger charge is 2.14. The summed E-state index contributed by atoms with van der Waals surface area (Å²) >= 11 is 0. The van der Waals surface area contributed by atoms with Crippen LogP contribution < -0.4 is 10.2 Å². The zero-order valence-corrected chi connectivity index (χ0v) is 24.9. The van der Waals surface area contributed by atoms with Crippen LogP contribution in [0.5, 0.6) is 11.5 Å². The van der Waals surface area contributed by atoms with E-state index in [1.807, 2.05) is 12.1 Å². The van der Waals surface area contributed by atoms with Crippen molar-refractivity contribution in [3.8, 4) is 11.5 Å². The lowest BCUT2D eigenvalue weighted by molar-refractivity contribution is -0.275. The van der Waals surface area contributed by atoms with Crippen LogP contribution in [0.2, 0.25) is 0 Å². The number of fused-ring (bicyclic) bond motifs is 1. The molecule has 0 saturated carbocycles. The molecule has 0 aromatic heterocycles. The molecule has 4 heteroatoms. The average Bonchev–Trinajstić information content (AvgIpc) is 2.91. The summed E-state index contributed by atoms with van der Waals surface area (Å²) in [6.07, 6.45) is 3.23. The van der Waals surface area contributed by atoms with Crippen molar-refractivity contribution in [1.29, 1.82) is 0 Å². The van der Waals surface area contributed by atoms with Crippen LogP contribution >= 0.6 is 0 Å². The highest BCUT2D eigenvalue weighted by atomic mass is 16.3. The predicted molar refractivity (Wildman–Crippen MR) is 167 cm³/mol. The maximum absolute atomic E-state index is 13.6. The first-order chi connectivity index (χ1) is 19.0. The third-order valence-electron chi connectivity index (χ3n) is 7.50. The first kappa shape index (κ1) is 29.1. The van der Waals surface area contributed by atoms with Crippen LogP contribution in [0.15, 0.2) is 70.6 Å². The second kappa shape index (κ2) is 12.1. The molecular weight excluding hydrogens is 492 g/mol. The topological polar surface area (TPSA) is 70.8 Å². The van der Waals surface area contributed by atoms with Gasteiger partial charge in [0.1, 0.15) is 0 Å². The normalized spacial score (nSPS) is 12.4. The number of hydrogen-bond donors (Lipinski definition) is 0. The molecule has 0 heterocycles. The maximum atomic E-state index is 13.6. The van der Waals surface area contributed by atoms with E-state index in [-0.39, 0.29) is 16.9 Å². The molecule has 0 amide bonds. The van der Waals surface area contributed by atoms with Gasteiger partial charge in [-0.1, -0.05) is 128 Å². The Morgan fingerprint density at radius 2 is 0.825 bits per heavy atom. The molecule has 4 aromatic rings. The number of rotatable bonds is 8. The number of aliphatic imine (C=N–C) groups is 2. The van der Waals surface area contributed by atoms with Gasteiger partial charge in [0.2, 0.25) is 0 Å². The van der Waals surface area contributed by atoms with E-state index in [0.29, 0.717) is 40.2 Å². The summed E-state index contributed by atoms with van der Waals surface area (Å²) in [5.41, 5.74) is 7.17. The van der Waals surface area contributed by atoms with Gasteiger partial charge in [-0.2, -0.15) is 0 Å². The molecule has 4 nitrogen and oxygen atoms in total. The van der Waals surface area contributed by atoms with E-state index in [2.05, 4.69) is 91.8 Å². The van der Waals surface area contributed by atoms with Crippen molar-refractivity contribution in [2.24, 2.45) is 9.98 Å². The van der Waals surface area contributed by atoms with Gasteiger partial charge in [0.15, 0.2) is 0 Å². The lowest BCUT2D eigenvalue weighted by Crippen LogP contribution is -2.04. The smallest absolute Gasteiger partial charge is 0.0699 e. The molecule has 0 N–H and O–H groups in total. The van der Waals surface area contributed by atoms with Crippen LogP contribution in [-0.4, -0.2) is 12.4 Å². The Labute approximate surface area is 239 Å². The second-order valence-corrected chi connectivity index (χ2v) is 11.8. The molecule has 0 bridgehead atoms. The fraction of sp³-hybridized carbons (Fsp3) is 0.333. The third-order valence-corrected chi connectivity index (χ3v) is 7.50. The van der Waals surface area contributed by atoms with Gasteiger partial charge in [-0.05, 0) is 67.8 Å². The van der Waals surface area contributed by atoms with E-state index < -0.39 is 0 Å². The predicted octanol–water partition coefficient (Wildman–Crippen LogP) is 8.98. The molecule has 0 radical (unpaired) electrons. The van der Waals surface area contributed by atoms with E-state index in [1.165, 1.54) is 0 Å². The van der Waals surface area contributed by atoms with E-state index in [1.54, 1.807) is 24.6 Å². The summed E-state index contributed by atoms with van der Waals surface area (Å²) in [5.74, 6) is 0.561. The Bertz CT molecular complexity index is 1410. The summed E-state index contributed by atoms with van der Waals surface area (Å²) in [5, 5.41) is 28.0. The van der Waals surface area contributed by atoms with E-state index >= 15 is 0 Å². The van der Waals surface area contributed by atoms with Gasteiger partial charge in [0, 0.05) is 12.4 Å². The zero-order chi connectivity index (χ0) is 29.1. The molecule has 40 heavy (non-hydrogen) atoms. The average molecular weight is 533 g/mol. The summed E-state index contributed by atoms with van der Waals surface area (Å²) in [6.45, 7) is 17.1. The molecular formula is C36H40N2O2-2. The summed E-state index contributed by atoms with van der Waals surface area (Å²) in [6, 6.07) is 19.6. The molecule has 0 unspecified atom stereocenters. The molecule has 0 fully saturated rings. The second-order valence-electron chi connectivity index (χ2n) is 11.8. The summed E-state index contributed by atoms with van der Waals surface area (Å²) in [4.78, 5) is 9.63. The standard InChI is InChI=1S/C36H42N2O2/c1-21(2)28-11-9-12-29(22(3)4)33(28)37-19-26-17-15-25-16-18-27(36(40)32(25)35(26)39)20-38-34-30(23(5)6)13-10-14-31(34)24(7)8/h9-24,39-40H,1-8H3/p-2. The maximum Gasteiger partial charge on any atom is 0.0699 e. The molecule has 0 spiro atoms. The molecule has 208 valence electrons. The van der Waals surface area contributed by atoms with Crippen molar-refractivity contribution in [1.82, 2.24) is 0 Å². The van der Waals surface area contributed by atoms with Gasteiger partial charge < -0.3 is 10.2 Å². The first-order valence-electron chi connectivity index (χ1n) is 14.3. The zero-order valence-electron chi connectivity index (χ0n) is 24.9. The van der Waals surface area contributed by atoms with Crippen LogP contribution in [0.3, 0.4) is 0 Å². The van der Waals surface area contributed by atoms with Crippen LogP contribution in [-0.2, 0) is 0 Å². The van der Waals surface area contributed by atoms with Gasteiger partial charge in [-0.3, -0.25) is 9.98 Å². The molecule has 0 atom stereocenters. The minimum atomic E-state index is -0.305. The minimum Gasteiger partial charge on any atom is -0.872 e. The molecule has 0 saturated heterocycles. The van der Waals surface area contributed by atoms with Crippen molar-refractivity contribution < 1.29 is 10.2 Å². The number of nitrogens with zero attached hydrogens (tertiary/aromatic N) is 2. The van der Waals surface area contributed by atoms with Crippen molar-refractivity contribution in [3.63, 3.8) is 0 Å². The van der Waals surface area contributed by atoms with Crippen molar-refractivity contribution in [3.05, 3.63) is 94.0 Å². The largest absolute Gasteiger partial charge is 0.872 e. The van der Waals surface area contributed by atoms with Crippen LogP contribution in [0, 0.1) is 0 Å². The summed E-state index contributed by atoms with van der Waals surface area (Å²) in [7, 11) is 0. The molecule has 0 aliphatic rings. The van der Waals surface area contributed by atoms with E-state index in [4.69, 9.17) is 9.98 Å². The fourth-order valence-electron chi connectivity index (χ4n) is 5.18. The van der Waals surface area contributed by atoms with Crippen LogP contribution in [0.1, 0.15) is 112 Å². The Morgan fingerprint density at radius 3 is 1.12 bits per heavy atom. The van der Waals surface area contributed by atoms with Crippen molar-refractivity contribution >= 4 is 34.6 Å². The van der Waals surface area contributed by atoms with Crippen molar-refractivity contribution in [2.75, 3.05) is 0 Å². The quantitative estimate of drug-likeness (QED) is 0.212. The molecule has 0 aliphatic heterocycles. The molecule has 4 aromatic carbocycles. The summed E-state index contributed by atoms with van der Waals surface area (Å²) < 4.78 is 0. The van der Waals surface area contributed by atoms with Crippen LogP contribution in [0.4, 0.5) is 11.4 Å². The Morgan fingerprint density at radius 1 is 0.500 bits per heavy atom. The van der Waals surface area contributed by atoms with Gasteiger partial charge in [0.25, 0.3) is 0 Å². The van der Waals surface area contributed by atoms with Gasteiger partial charge >= 0.3 is 0 Å². The third kappa shape index (κ3) is 5.82. The molecule has 0 aliphatic carbocycles. The lowest BCUT2D eigenvalue weighted by atomic mass is 9.93. The fourth-order valence-corrected chi connectivity index (χ4v) is 5.18. The Hall–Kier alpha value is -3.92. The first-order valence-corrected chi connectivity index (χ1v) is 14.3. The number of para-hydroxylation sites is 2. The Kier molecular flexibility index (Phi) is 8.78. The van der Waals surface area contributed by atoms with Gasteiger partial charge in [0.05, 0.1) is 11.4 Å². The SMILES string of the molecule is CC(C)c1cccc(C(C)C)c1N=Cc1ccc2ccc(C=Nc3c(C(C)C)cccc3C(C)C)c([O-])c2c1[O-]. The highest BCUT2D eigenvalue weighted by molar-refractivity contribution is 6.04. The van der Waals surface area contributed by atoms with E-state index in [9.17, 15) is 10.2 Å². The highest BCUT2D eigenvalue weighted by Crippen LogP contribution is 2.38. The van der Waals surface area contributed by atoms with Crippen molar-refractivity contribution in [2.45, 2.75) is 79.1 Å². The van der Waals surface area contributed by atoms with E-state index in [0.717, 1.165) is 33.6 Å². The lowest BCUT2D eigenvalue weighted by Gasteiger charge is -2.22. The minimum absolute atomic E-state index is 0.176. The molecule has 4 rings (SSSR count). The van der Waals surface area contributed by atoms with Gasteiger partial charge in [-0.25, -0.2) is 0 Å². The Balaban J connectivity index is 1.80.